The van der Waals surface area contributed by atoms with Gasteiger partial charge in [-0.25, -0.2) is 14.6 Å². The molecule has 0 atom stereocenters. The van der Waals surface area contributed by atoms with E-state index < -0.39 is 11.9 Å². The second kappa shape index (κ2) is 10.9. The van der Waals surface area contributed by atoms with Gasteiger partial charge in [0.05, 0.1) is 22.6 Å². The summed E-state index contributed by atoms with van der Waals surface area (Å²) in [4.78, 5) is 31.6. The lowest BCUT2D eigenvalue weighted by Gasteiger charge is -2.36. The van der Waals surface area contributed by atoms with Gasteiger partial charge in [0.1, 0.15) is 5.84 Å². The maximum absolute atomic E-state index is 9.55. The summed E-state index contributed by atoms with van der Waals surface area (Å²) >= 11 is 1.77. The average molecular weight is 457 g/mol. The summed E-state index contributed by atoms with van der Waals surface area (Å²) in [6, 6.07) is 8.51. The van der Waals surface area contributed by atoms with Crippen LogP contribution < -0.4 is 4.90 Å². The van der Waals surface area contributed by atoms with E-state index in [2.05, 4.69) is 63.6 Å². The van der Waals surface area contributed by atoms with Gasteiger partial charge in [0.15, 0.2) is 0 Å². The molecule has 9 heteroatoms. The third-order valence-corrected chi connectivity index (χ3v) is 6.11. The third-order valence-electron chi connectivity index (χ3n) is 5.38. The first kappa shape index (κ1) is 23.5. The van der Waals surface area contributed by atoms with Crippen LogP contribution in [0.15, 0.2) is 52.2 Å². The summed E-state index contributed by atoms with van der Waals surface area (Å²) in [5, 5.41) is 20.1. The zero-order valence-electron chi connectivity index (χ0n) is 18.3. The third kappa shape index (κ3) is 5.54. The molecule has 0 aliphatic carbocycles. The number of likely N-dealkylation sites (N-methyl/N-ethyl adjacent to an activating group) is 1. The molecule has 0 unspecified atom stereocenters. The Morgan fingerprint density at radius 3 is 2.22 bits per heavy atom. The van der Waals surface area contributed by atoms with Gasteiger partial charge < -0.3 is 24.9 Å². The number of hydrogen-bond acceptors (Lipinski definition) is 7. The number of fused-ring (bicyclic) bond motifs is 2. The monoisotopic (exact) mass is 456 g/mol. The van der Waals surface area contributed by atoms with E-state index in [0.717, 1.165) is 50.8 Å². The molecule has 1 aromatic heterocycles. The number of para-hydroxylation sites is 2. The van der Waals surface area contributed by atoms with Crippen molar-refractivity contribution in [3.8, 4) is 0 Å². The summed E-state index contributed by atoms with van der Waals surface area (Å²) in [7, 11) is 0. The zero-order valence-corrected chi connectivity index (χ0v) is 19.1. The Labute approximate surface area is 191 Å². The van der Waals surface area contributed by atoms with Crippen LogP contribution in [0.1, 0.15) is 19.4 Å². The Kier molecular flexibility index (Phi) is 8.02. The fourth-order valence-corrected chi connectivity index (χ4v) is 4.57. The van der Waals surface area contributed by atoms with E-state index in [9.17, 15) is 9.59 Å². The molecule has 0 saturated carbocycles. The van der Waals surface area contributed by atoms with Crippen molar-refractivity contribution in [1.82, 2.24) is 9.80 Å². The minimum atomic E-state index is -1.26. The van der Waals surface area contributed by atoms with Crippen molar-refractivity contribution in [2.75, 3.05) is 44.2 Å². The van der Waals surface area contributed by atoms with E-state index in [1.807, 2.05) is 0 Å². The van der Waals surface area contributed by atoms with Crippen molar-refractivity contribution in [1.29, 1.82) is 0 Å². The number of aliphatic imine (C=N–C) groups is 1. The molecule has 1 saturated heterocycles. The highest BCUT2D eigenvalue weighted by molar-refractivity contribution is 7.08. The fraction of sp³-hybridized carbons (Fsp3) is 0.348. The predicted molar refractivity (Wildman–Crippen MR) is 128 cm³/mol. The topological polar surface area (TPSA) is 96.7 Å². The van der Waals surface area contributed by atoms with Crippen LogP contribution in [0.3, 0.4) is 0 Å². The quantitative estimate of drug-likeness (QED) is 0.678. The van der Waals surface area contributed by atoms with Gasteiger partial charge in [-0.3, -0.25) is 0 Å². The Bertz CT molecular complexity index is 993. The predicted octanol–water partition coefficient (Wildman–Crippen LogP) is 3.65. The number of amidine groups is 1. The van der Waals surface area contributed by atoms with E-state index in [1.54, 1.807) is 11.3 Å². The highest BCUT2D eigenvalue weighted by atomic mass is 32.1. The first-order valence-electron chi connectivity index (χ1n) is 10.6. The number of aliphatic carboxylic acids is 2. The number of thiophene rings is 1. The SMILES string of the molecule is CCN1CCN(C2=Nc3ccccc3N(CC)c3cscc32)CC1.O=C(O)/C=C/C(=O)O. The normalized spacial score (nSPS) is 15.9. The van der Waals surface area contributed by atoms with Crippen LogP contribution in [0.4, 0.5) is 17.1 Å². The minimum absolute atomic E-state index is 0.558. The van der Waals surface area contributed by atoms with Crippen LogP contribution in [0.2, 0.25) is 0 Å². The average Bonchev–Trinajstić information content (AvgIpc) is 3.22. The van der Waals surface area contributed by atoms with Gasteiger partial charge in [-0.2, -0.15) is 0 Å². The number of nitrogens with zero attached hydrogens (tertiary/aromatic N) is 4. The number of carboxylic acid groups (broad SMARTS) is 2. The van der Waals surface area contributed by atoms with Crippen LogP contribution in [-0.2, 0) is 9.59 Å². The second-order valence-electron chi connectivity index (χ2n) is 7.27. The van der Waals surface area contributed by atoms with Crippen LogP contribution >= 0.6 is 11.3 Å². The van der Waals surface area contributed by atoms with Crippen molar-refractivity contribution in [3.63, 3.8) is 0 Å². The van der Waals surface area contributed by atoms with Crippen LogP contribution in [0, 0.1) is 0 Å². The zero-order chi connectivity index (χ0) is 23.1. The van der Waals surface area contributed by atoms with Gasteiger partial charge in [0, 0.05) is 55.6 Å². The first-order valence-corrected chi connectivity index (χ1v) is 11.5. The lowest BCUT2D eigenvalue weighted by molar-refractivity contribution is -0.134. The number of carboxylic acids is 2. The van der Waals surface area contributed by atoms with Gasteiger partial charge in [-0.15, -0.1) is 11.3 Å². The minimum Gasteiger partial charge on any atom is -0.478 e. The molecular weight excluding hydrogens is 428 g/mol. The Morgan fingerprint density at radius 1 is 0.969 bits per heavy atom. The second-order valence-corrected chi connectivity index (χ2v) is 8.01. The van der Waals surface area contributed by atoms with Gasteiger partial charge in [-0.05, 0) is 25.6 Å². The van der Waals surface area contributed by atoms with Crippen LogP contribution in [-0.4, -0.2) is 77.1 Å². The summed E-state index contributed by atoms with van der Waals surface area (Å²) in [6.07, 6.45) is 1.12. The Hall–Kier alpha value is -3.17. The standard InChI is InChI=1S/C19H24N4S.C4H4O4/c1-3-21-9-11-22(12-10-21)19-15-13-24-14-18(15)23(4-2)17-8-6-5-7-16(17)20-19;5-3(6)1-2-4(7)8/h5-8,13-14H,3-4,9-12H2,1-2H3;1-2H,(H,5,6)(H,7,8)/b;2-1+. The molecular formula is C23H28N4O4S. The van der Waals surface area contributed by atoms with Gasteiger partial charge in [-0.1, -0.05) is 19.1 Å². The summed E-state index contributed by atoms with van der Waals surface area (Å²) < 4.78 is 0. The van der Waals surface area contributed by atoms with Crippen molar-refractivity contribution >= 4 is 46.2 Å². The lowest BCUT2D eigenvalue weighted by atomic mass is 10.2. The number of hydrogen-bond donors (Lipinski definition) is 2. The van der Waals surface area contributed by atoms with Crippen molar-refractivity contribution in [3.05, 3.63) is 52.7 Å². The number of carbonyl (C=O) groups is 2. The van der Waals surface area contributed by atoms with E-state index in [1.165, 1.54) is 16.9 Å². The summed E-state index contributed by atoms with van der Waals surface area (Å²) in [5.41, 5.74) is 4.86. The van der Waals surface area contributed by atoms with Crippen LogP contribution in [0.5, 0.6) is 0 Å². The van der Waals surface area contributed by atoms with Crippen molar-refractivity contribution < 1.29 is 19.8 Å². The smallest absolute Gasteiger partial charge is 0.328 e. The summed E-state index contributed by atoms with van der Waals surface area (Å²) in [6.45, 7) is 10.9. The number of piperazine rings is 1. The van der Waals surface area contributed by atoms with Crippen molar-refractivity contribution in [2.24, 2.45) is 4.99 Å². The first-order chi connectivity index (χ1) is 15.4. The van der Waals surface area contributed by atoms with E-state index in [4.69, 9.17) is 15.2 Å². The molecule has 4 rings (SSSR count). The summed E-state index contributed by atoms with van der Waals surface area (Å²) in [5.74, 6) is -1.37. The molecule has 1 aromatic carbocycles. The molecule has 8 nitrogen and oxygen atoms in total. The van der Waals surface area contributed by atoms with Gasteiger partial charge in [0.25, 0.3) is 0 Å². The highest BCUT2D eigenvalue weighted by Crippen LogP contribution is 2.41. The molecule has 0 amide bonds. The maximum Gasteiger partial charge on any atom is 0.328 e. The maximum atomic E-state index is 9.55. The Morgan fingerprint density at radius 2 is 1.62 bits per heavy atom. The fourth-order valence-electron chi connectivity index (χ4n) is 3.76. The van der Waals surface area contributed by atoms with Crippen LogP contribution in [0.25, 0.3) is 0 Å². The molecule has 2 aromatic rings. The molecule has 0 radical (unpaired) electrons. The molecule has 1 fully saturated rings. The number of rotatable bonds is 4. The largest absolute Gasteiger partial charge is 0.478 e. The van der Waals surface area contributed by atoms with E-state index in [-0.39, 0.29) is 0 Å². The Balaban J connectivity index is 0.000000312. The molecule has 170 valence electrons. The number of anilines is 2. The van der Waals surface area contributed by atoms with Gasteiger partial charge in [0.2, 0.25) is 0 Å². The number of benzene rings is 1. The molecule has 0 spiro atoms. The molecule has 2 aliphatic heterocycles. The van der Waals surface area contributed by atoms with E-state index in [0.29, 0.717) is 12.2 Å². The molecule has 0 bridgehead atoms. The highest BCUT2D eigenvalue weighted by Gasteiger charge is 2.27. The van der Waals surface area contributed by atoms with E-state index >= 15 is 0 Å². The molecule has 2 aliphatic rings. The van der Waals surface area contributed by atoms with Gasteiger partial charge >= 0.3 is 11.9 Å². The molecule has 3 heterocycles. The molecule has 2 N–H and O–H groups in total. The molecule has 32 heavy (non-hydrogen) atoms. The lowest BCUT2D eigenvalue weighted by Crippen LogP contribution is -2.48. The van der Waals surface area contributed by atoms with Crippen molar-refractivity contribution in [2.45, 2.75) is 13.8 Å².